The molecular weight excluding hydrogens is 376 g/mol. The van der Waals surface area contributed by atoms with Gasteiger partial charge in [-0.2, -0.15) is 0 Å². The molecule has 29 heavy (non-hydrogen) atoms. The van der Waals surface area contributed by atoms with Crippen molar-refractivity contribution in [3.8, 4) is 11.5 Å². The Kier molecular flexibility index (Phi) is 4.83. The first-order chi connectivity index (χ1) is 13.8. The third kappa shape index (κ3) is 2.62. The molecule has 4 N–H and O–H groups in total. The van der Waals surface area contributed by atoms with Crippen LogP contribution in [-0.2, 0) is 21.4 Å². The van der Waals surface area contributed by atoms with Crippen LogP contribution in [0.2, 0.25) is 0 Å². The zero-order chi connectivity index (χ0) is 21.0. The van der Waals surface area contributed by atoms with Crippen molar-refractivity contribution in [2.45, 2.75) is 55.3 Å². The molecule has 1 saturated heterocycles. The van der Waals surface area contributed by atoms with E-state index in [1.165, 1.54) is 5.56 Å². The molecule has 2 aliphatic heterocycles. The molecule has 2 aliphatic carbocycles. The average molecular weight is 404 g/mol. The largest absolute Gasteiger partial charge is 0.493 e. The summed E-state index contributed by atoms with van der Waals surface area (Å²) in [6.07, 6.45) is 1.96. The van der Waals surface area contributed by atoms with Crippen LogP contribution in [0.3, 0.4) is 0 Å². The van der Waals surface area contributed by atoms with Crippen molar-refractivity contribution in [3.63, 3.8) is 0 Å². The van der Waals surface area contributed by atoms with Crippen LogP contribution in [0.25, 0.3) is 0 Å². The van der Waals surface area contributed by atoms with E-state index in [-0.39, 0.29) is 24.8 Å². The van der Waals surface area contributed by atoms with Crippen LogP contribution in [0.1, 0.15) is 36.8 Å². The van der Waals surface area contributed by atoms with E-state index in [0.717, 1.165) is 24.9 Å². The molecule has 158 valence electrons. The first kappa shape index (κ1) is 20.1. The standard InChI is InChI=1S/C18H21NO4.C3H7NO2/c1-19-8-7-17-14-10-3-4-12(22-2)15(14)23-16(17)11(20)5-6-18(17,21)13(19)9-10;4-2-1-3(5)6/h3-4,13,16,21H,5-9H2,1-2H3;1-2,4H2,(H,5,6)/t13-,16+,17+,18-;/m1./s1. The first-order valence-corrected chi connectivity index (χ1v) is 10.0. The second-order valence-corrected chi connectivity index (χ2v) is 8.37. The number of piperidine rings is 1. The van der Waals surface area contributed by atoms with Crippen LogP contribution in [-0.4, -0.2) is 71.9 Å². The van der Waals surface area contributed by atoms with Gasteiger partial charge in [-0.25, -0.2) is 0 Å². The third-order valence-corrected chi connectivity index (χ3v) is 7.09. The summed E-state index contributed by atoms with van der Waals surface area (Å²) in [7, 11) is 3.70. The summed E-state index contributed by atoms with van der Waals surface area (Å²) in [6, 6.07) is 4.05. The molecular formula is C21H28N2O6. The predicted molar refractivity (Wildman–Crippen MR) is 104 cm³/mol. The molecule has 4 atom stereocenters. The number of ether oxygens (including phenoxy) is 2. The van der Waals surface area contributed by atoms with E-state index < -0.39 is 23.1 Å². The smallest absolute Gasteiger partial charge is 0.304 e. The van der Waals surface area contributed by atoms with Crippen molar-refractivity contribution < 1.29 is 29.3 Å². The van der Waals surface area contributed by atoms with E-state index in [1.54, 1.807) is 7.11 Å². The maximum atomic E-state index is 12.7. The molecule has 0 radical (unpaired) electrons. The zero-order valence-electron chi connectivity index (χ0n) is 16.8. The highest BCUT2D eigenvalue weighted by Gasteiger charge is 2.72. The molecule has 1 aromatic rings. The number of aliphatic carboxylic acids is 1. The van der Waals surface area contributed by atoms with E-state index in [0.29, 0.717) is 24.3 Å². The van der Waals surface area contributed by atoms with Gasteiger partial charge < -0.3 is 30.3 Å². The predicted octanol–water partition coefficient (Wildman–Crippen LogP) is 0.468. The monoisotopic (exact) mass is 404 g/mol. The lowest BCUT2D eigenvalue weighted by Crippen LogP contribution is -2.76. The van der Waals surface area contributed by atoms with E-state index in [1.807, 2.05) is 6.07 Å². The summed E-state index contributed by atoms with van der Waals surface area (Å²) >= 11 is 0. The minimum atomic E-state index is -0.900. The van der Waals surface area contributed by atoms with Crippen LogP contribution < -0.4 is 15.2 Å². The Bertz CT molecular complexity index is 858. The molecule has 1 aromatic carbocycles. The van der Waals surface area contributed by atoms with Crippen molar-refractivity contribution in [2.75, 3.05) is 27.2 Å². The molecule has 5 rings (SSSR count). The number of rotatable bonds is 3. The molecule has 8 nitrogen and oxygen atoms in total. The number of carbonyl (C=O) groups is 2. The highest BCUT2D eigenvalue weighted by Crippen LogP contribution is 2.64. The lowest BCUT2D eigenvalue weighted by molar-refractivity contribution is -0.185. The number of likely N-dealkylation sites (N-methyl/N-ethyl adjacent to an activating group) is 1. The van der Waals surface area contributed by atoms with Gasteiger partial charge in [0.25, 0.3) is 0 Å². The number of aliphatic hydroxyl groups is 1. The molecule has 2 fully saturated rings. The van der Waals surface area contributed by atoms with E-state index in [4.69, 9.17) is 20.3 Å². The number of carboxylic acid groups (broad SMARTS) is 1. The van der Waals surface area contributed by atoms with Gasteiger partial charge in [0.15, 0.2) is 23.4 Å². The SMILES string of the molecule is COc1ccc2c3c1O[C@H]1C(=O)CC[C@@]4(O)[C@@H](C2)N(C)CC[C@]314.NCCC(=O)O. The first-order valence-electron chi connectivity index (χ1n) is 10.0. The quantitative estimate of drug-likeness (QED) is 0.664. The Labute approximate surface area is 169 Å². The van der Waals surface area contributed by atoms with Crippen LogP contribution in [0, 0.1) is 0 Å². The van der Waals surface area contributed by atoms with Gasteiger partial charge in [0, 0.05) is 24.6 Å². The van der Waals surface area contributed by atoms with Gasteiger partial charge in [0.1, 0.15) is 0 Å². The van der Waals surface area contributed by atoms with Crippen molar-refractivity contribution in [1.29, 1.82) is 0 Å². The Morgan fingerprint density at radius 3 is 2.79 bits per heavy atom. The molecule has 2 bridgehead atoms. The van der Waals surface area contributed by atoms with Crippen LogP contribution in [0.5, 0.6) is 11.5 Å². The summed E-state index contributed by atoms with van der Waals surface area (Å²) in [6.45, 7) is 1.10. The average Bonchev–Trinajstić information content (AvgIpc) is 3.04. The van der Waals surface area contributed by atoms with Gasteiger partial charge >= 0.3 is 5.97 Å². The van der Waals surface area contributed by atoms with Gasteiger partial charge in [0.2, 0.25) is 0 Å². The number of methoxy groups -OCH3 is 1. The minimum absolute atomic E-state index is 0.0438. The molecule has 0 aromatic heterocycles. The lowest BCUT2D eigenvalue weighted by Gasteiger charge is -2.62. The molecule has 4 aliphatic rings. The molecule has 0 amide bonds. The fourth-order valence-electron chi connectivity index (χ4n) is 5.81. The van der Waals surface area contributed by atoms with Gasteiger partial charge in [-0.15, -0.1) is 0 Å². The second kappa shape index (κ2) is 6.97. The maximum absolute atomic E-state index is 12.7. The van der Waals surface area contributed by atoms with E-state index >= 15 is 0 Å². The zero-order valence-corrected chi connectivity index (χ0v) is 16.8. The Balaban J connectivity index is 0.000000302. The summed E-state index contributed by atoms with van der Waals surface area (Å²) < 4.78 is 11.6. The number of Topliss-reactive ketones (excluding diaryl/α,β-unsaturated/α-hetero) is 1. The van der Waals surface area contributed by atoms with E-state index in [2.05, 4.69) is 18.0 Å². The van der Waals surface area contributed by atoms with Crippen LogP contribution >= 0.6 is 0 Å². The number of nitrogens with two attached hydrogens (primary N) is 1. The van der Waals surface area contributed by atoms with Crippen molar-refractivity contribution in [1.82, 2.24) is 4.90 Å². The van der Waals surface area contributed by atoms with Gasteiger partial charge in [-0.3, -0.25) is 9.59 Å². The Hall–Kier alpha value is -2.16. The number of hydrogen-bond donors (Lipinski definition) is 3. The maximum Gasteiger partial charge on any atom is 0.304 e. The number of likely N-dealkylation sites (tertiary alicyclic amines) is 1. The molecule has 2 heterocycles. The topological polar surface area (TPSA) is 122 Å². The van der Waals surface area contributed by atoms with Crippen molar-refractivity contribution in [3.05, 3.63) is 23.3 Å². The number of ketones is 1. The number of benzene rings is 1. The fraction of sp³-hybridized carbons (Fsp3) is 0.619. The van der Waals surface area contributed by atoms with Crippen molar-refractivity contribution in [2.24, 2.45) is 5.73 Å². The molecule has 8 heteroatoms. The van der Waals surface area contributed by atoms with Gasteiger partial charge in [0.05, 0.1) is 24.5 Å². The molecule has 0 unspecified atom stereocenters. The summed E-state index contributed by atoms with van der Waals surface area (Å²) in [5, 5.41) is 19.6. The van der Waals surface area contributed by atoms with Gasteiger partial charge in [-0.05, 0) is 44.5 Å². The second-order valence-electron chi connectivity index (χ2n) is 8.37. The fourth-order valence-corrected chi connectivity index (χ4v) is 5.81. The highest BCUT2D eigenvalue weighted by molar-refractivity contribution is 5.90. The third-order valence-electron chi connectivity index (χ3n) is 7.09. The Morgan fingerprint density at radius 1 is 1.41 bits per heavy atom. The normalized spacial score (nSPS) is 33.9. The van der Waals surface area contributed by atoms with Gasteiger partial charge in [-0.1, -0.05) is 6.07 Å². The summed E-state index contributed by atoms with van der Waals surface area (Å²) in [5.74, 6) is 0.633. The number of carboxylic acids is 1. The lowest BCUT2D eigenvalue weighted by atomic mass is 9.49. The molecule has 1 spiro atoms. The van der Waals surface area contributed by atoms with Crippen LogP contribution in [0.4, 0.5) is 0 Å². The number of carbonyl (C=O) groups excluding carboxylic acids is 1. The Morgan fingerprint density at radius 2 is 2.17 bits per heavy atom. The highest BCUT2D eigenvalue weighted by atomic mass is 16.5. The number of hydrogen-bond acceptors (Lipinski definition) is 7. The molecule has 1 saturated carbocycles. The van der Waals surface area contributed by atoms with E-state index in [9.17, 15) is 14.7 Å². The number of nitrogens with zero attached hydrogens (tertiary/aromatic N) is 1. The van der Waals surface area contributed by atoms with Crippen LogP contribution in [0.15, 0.2) is 12.1 Å². The minimum Gasteiger partial charge on any atom is -0.493 e. The van der Waals surface area contributed by atoms with Crippen molar-refractivity contribution >= 4 is 11.8 Å². The summed E-state index contributed by atoms with van der Waals surface area (Å²) in [4.78, 5) is 24.4. The summed E-state index contributed by atoms with van der Waals surface area (Å²) in [5.41, 5.74) is 5.59.